The van der Waals surface area contributed by atoms with Crippen LogP contribution in [0.4, 0.5) is 0 Å². The SMILES string of the molecule is CC1(C)c2cc(-c3ccc(-c4ccc(-c5ccc(-c6cccc7ccccc67)cc5)cc4)cc3)ccc2-c2ccc(-c3ccc4c(c3)C(C)(C)c3cc(-c5ccc(-c6cccc7ccccc67)cc5)ccc3-4)cc21. The van der Waals surface area contributed by atoms with Gasteiger partial charge in [-0.05, 0) is 168 Å². The molecule has 0 heterocycles. The highest BCUT2D eigenvalue weighted by atomic mass is 14.4. The number of benzene rings is 12. The molecule has 0 N–H and O–H groups in total. The Balaban J connectivity index is 0.685. The number of hydrogen-bond acceptors (Lipinski definition) is 0. The molecule has 0 aromatic heterocycles. The summed E-state index contributed by atoms with van der Waals surface area (Å²) in [6.45, 7) is 9.59. The Hall–Kier alpha value is -8.84. The number of fused-ring (bicyclic) bond motifs is 8. The molecule has 0 radical (unpaired) electrons. The molecule has 0 saturated carbocycles. The normalized spacial score (nSPS) is 13.6. The molecule has 0 spiro atoms. The van der Waals surface area contributed by atoms with Crippen LogP contribution < -0.4 is 0 Å². The fraction of sp³-hybridized carbons (Fsp3) is 0.0811. The fourth-order valence-corrected chi connectivity index (χ4v) is 12.5. The van der Waals surface area contributed by atoms with Crippen molar-refractivity contribution in [2.45, 2.75) is 38.5 Å². The monoisotopic (exact) mass is 942 g/mol. The summed E-state index contributed by atoms with van der Waals surface area (Å²) in [4.78, 5) is 0. The van der Waals surface area contributed by atoms with Crippen molar-refractivity contribution >= 4 is 21.5 Å². The second kappa shape index (κ2) is 16.9. The third-order valence-electron chi connectivity index (χ3n) is 16.8. The van der Waals surface area contributed by atoms with Gasteiger partial charge in [0.05, 0.1) is 0 Å². The maximum atomic E-state index is 2.47. The van der Waals surface area contributed by atoms with Crippen molar-refractivity contribution in [3.63, 3.8) is 0 Å². The minimum atomic E-state index is -0.148. The van der Waals surface area contributed by atoms with Crippen LogP contribution in [0.25, 0.3) is 122 Å². The largest absolute Gasteiger partial charge is 0.0616 e. The van der Waals surface area contributed by atoms with Crippen LogP contribution in [0.2, 0.25) is 0 Å². The van der Waals surface area contributed by atoms with Crippen LogP contribution in [0, 0.1) is 0 Å². The Morgan fingerprint density at radius 2 is 0.419 bits per heavy atom. The van der Waals surface area contributed by atoms with E-state index in [-0.39, 0.29) is 10.8 Å². The maximum Gasteiger partial charge on any atom is 0.0159 e. The summed E-state index contributed by atoms with van der Waals surface area (Å²) >= 11 is 0. The minimum absolute atomic E-state index is 0.140. The predicted octanol–water partition coefficient (Wildman–Crippen LogP) is 20.3. The van der Waals surface area contributed by atoms with E-state index in [4.69, 9.17) is 0 Å². The molecule has 0 atom stereocenters. The first-order valence-corrected chi connectivity index (χ1v) is 26.1. The Bertz CT molecular complexity index is 4170. The minimum Gasteiger partial charge on any atom is -0.0616 e. The zero-order chi connectivity index (χ0) is 49.7. The Morgan fingerprint density at radius 1 is 0.189 bits per heavy atom. The van der Waals surface area contributed by atoms with Gasteiger partial charge < -0.3 is 0 Å². The molecule has 2 aliphatic rings. The van der Waals surface area contributed by atoms with E-state index < -0.39 is 0 Å². The second-order valence-corrected chi connectivity index (χ2v) is 21.7. The van der Waals surface area contributed by atoms with Gasteiger partial charge in [0.15, 0.2) is 0 Å². The molecule has 0 amide bonds. The highest BCUT2D eigenvalue weighted by molar-refractivity contribution is 5.98. The summed E-state index contributed by atoms with van der Waals surface area (Å²) in [5.74, 6) is 0. The third-order valence-corrected chi connectivity index (χ3v) is 16.8. The molecule has 0 saturated heterocycles. The van der Waals surface area contributed by atoms with Crippen LogP contribution in [0.5, 0.6) is 0 Å². The Morgan fingerprint density at radius 3 is 0.730 bits per heavy atom. The Kier molecular flexibility index (Phi) is 10.0. The van der Waals surface area contributed by atoms with Crippen LogP contribution in [-0.4, -0.2) is 0 Å². The van der Waals surface area contributed by atoms with Gasteiger partial charge in [0.1, 0.15) is 0 Å². The van der Waals surface area contributed by atoms with E-state index in [2.05, 4.69) is 282 Å². The van der Waals surface area contributed by atoms with Gasteiger partial charge in [-0.15, -0.1) is 0 Å². The van der Waals surface area contributed by atoms with Crippen molar-refractivity contribution in [2.24, 2.45) is 0 Å². The topological polar surface area (TPSA) is 0 Å². The van der Waals surface area contributed by atoms with E-state index in [1.807, 2.05) is 0 Å². The van der Waals surface area contributed by atoms with Gasteiger partial charge in [-0.1, -0.05) is 258 Å². The summed E-state index contributed by atoms with van der Waals surface area (Å²) in [5.41, 5.74) is 28.0. The van der Waals surface area contributed by atoms with Crippen molar-refractivity contribution in [1.82, 2.24) is 0 Å². The van der Waals surface area contributed by atoms with Crippen LogP contribution in [0.1, 0.15) is 49.9 Å². The molecule has 12 aromatic rings. The molecule has 14 rings (SSSR count). The van der Waals surface area contributed by atoms with Crippen molar-refractivity contribution < 1.29 is 0 Å². The molecule has 0 aliphatic heterocycles. The van der Waals surface area contributed by atoms with Crippen molar-refractivity contribution in [2.75, 3.05) is 0 Å². The fourth-order valence-electron chi connectivity index (χ4n) is 12.5. The molecule has 0 nitrogen and oxygen atoms in total. The van der Waals surface area contributed by atoms with E-state index in [1.165, 1.54) is 144 Å². The molecular weight excluding hydrogens is 889 g/mol. The van der Waals surface area contributed by atoms with Gasteiger partial charge in [-0.25, -0.2) is 0 Å². The lowest BCUT2D eigenvalue weighted by atomic mass is 9.79. The quantitative estimate of drug-likeness (QED) is 0.149. The second-order valence-electron chi connectivity index (χ2n) is 21.7. The van der Waals surface area contributed by atoms with E-state index in [1.54, 1.807) is 0 Å². The average Bonchev–Trinajstić information content (AvgIpc) is 3.83. The van der Waals surface area contributed by atoms with E-state index in [0.717, 1.165) is 0 Å². The zero-order valence-electron chi connectivity index (χ0n) is 42.2. The van der Waals surface area contributed by atoms with Gasteiger partial charge in [-0.3, -0.25) is 0 Å². The van der Waals surface area contributed by atoms with Gasteiger partial charge in [0.25, 0.3) is 0 Å². The first-order chi connectivity index (χ1) is 36.2. The van der Waals surface area contributed by atoms with E-state index in [0.29, 0.717) is 0 Å². The molecule has 0 unspecified atom stereocenters. The van der Waals surface area contributed by atoms with Crippen LogP contribution in [0.15, 0.2) is 255 Å². The Labute approximate surface area is 434 Å². The van der Waals surface area contributed by atoms with Gasteiger partial charge in [0.2, 0.25) is 0 Å². The number of rotatable bonds is 7. The lowest BCUT2D eigenvalue weighted by molar-refractivity contribution is 0.660. The summed E-state index contributed by atoms with van der Waals surface area (Å²) < 4.78 is 0. The van der Waals surface area contributed by atoms with Crippen molar-refractivity contribution in [3.05, 3.63) is 277 Å². The molecule has 12 aromatic carbocycles. The van der Waals surface area contributed by atoms with E-state index >= 15 is 0 Å². The summed E-state index contributed by atoms with van der Waals surface area (Å²) in [7, 11) is 0. The van der Waals surface area contributed by atoms with Crippen LogP contribution in [0.3, 0.4) is 0 Å². The summed E-state index contributed by atoms with van der Waals surface area (Å²) in [6.07, 6.45) is 0. The van der Waals surface area contributed by atoms with Crippen molar-refractivity contribution in [3.8, 4) is 100 Å². The average molecular weight is 943 g/mol. The first-order valence-electron chi connectivity index (χ1n) is 26.1. The zero-order valence-corrected chi connectivity index (χ0v) is 42.2. The predicted molar refractivity (Wildman–Crippen MR) is 315 cm³/mol. The smallest absolute Gasteiger partial charge is 0.0159 e. The van der Waals surface area contributed by atoms with Gasteiger partial charge in [-0.2, -0.15) is 0 Å². The molecular formula is C74H54. The summed E-state index contributed by atoms with van der Waals surface area (Å²) in [6, 6.07) is 95.1. The highest BCUT2D eigenvalue weighted by Gasteiger charge is 2.38. The molecule has 0 fully saturated rings. The summed E-state index contributed by atoms with van der Waals surface area (Å²) in [5, 5.41) is 5.11. The molecule has 0 heteroatoms. The first kappa shape index (κ1) is 43.9. The molecule has 74 heavy (non-hydrogen) atoms. The van der Waals surface area contributed by atoms with Crippen molar-refractivity contribution in [1.29, 1.82) is 0 Å². The third kappa shape index (κ3) is 7.12. The molecule has 350 valence electrons. The highest BCUT2D eigenvalue weighted by Crippen LogP contribution is 2.53. The maximum absolute atomic E-state index is 2.47. The van der Waals surface area contributed by atoms with Gasteiger partial charge >= 0.3 is 0 Å². The van der Waals surface area contributed by atoms with Gasteiger partial charge in [0, 0.05) is 10.8 Å². The lowest BCUT2D eigenvalue weighted by Crippen LogP contribution is -2.15. The molecule has 0 bridgehead atoms. The lowest BCUT2D eigenvalue weighted by Gasteiger charge is -2.24. The van der Waals surface area contributed by atoms with E-state index in [9.17, 15) is 0 Å². The van der Waals surface area contributed by atoms with Crippen LogP contribution >= 0.6 is 0 Å². The van der Waals surface area contributed by atoms with Crippen LogP contribution in [-0.2, 0) is 10.8 Å². The standard InChI is InChI=1S/C74H54/c1-73(2)69-43-57(51-25-23-49(24-26-51)47-19-21-48(22-20-47)50-27-31-55(32-28-50)63-17-9-13-53-11-5-7-15-61(53)63)35-39-65(69)67-41-37-59(45-71(67)73)60-38-42-68-66-40-36-58(44-70(66)74(3,4)72(68)46-60)52-29-33-56(34-30-52)64-18-10-14-54-12-6-8-16-62(54)64/h5-46H,1-4H3. The molecule has 2 aliphatic carbocycles. The number of hydrogen-bond donors (Lipinski definition) is 0.